The summed E-state index contributed by atoms with van der Waals surface area (Å²) in [5.41, 5.74) is 1.12. The van der Waals surface area contributed by atoms with Gasteiger partial charge in [0.2, 0.25) is 0 Å². The Morgan fingerprint density at radius 3 is 2.71 bits per heavy atom. The number of hydrogen-bond donors (Lipinski definition) is 2. The largest absolute Gasteiger partial charge is 0.370 e. The van der Waals surface area contributed by atoms with E-state index < -0.39 is 0 Å². The van der Waals surface area contributed by atoms with Crippen molar-refractivity contribution in [1.29, 1.82) is 0 Å². The number of rotatable bonds is 5. The highest BCUT2D eigenvalue weighted by atomic mass is 15.1. The van der Waals surface area contributed by atoms with E-state index in [9.17, 15) is 0 Å². The first-order valence-corrected chi connectivity index (χ1v) is 5.57. The summed E-state index contributed by atoms with van der Waals surface area (Å²) in [7, 11) is 0. The number of pyridine rings is 1. The zero-order valence-corrected chi connectivity index (χ0v) is 9.72. The number of anilines is 2. The summed E-state index contributed by atoms with van der Waals surface area (Å²) >= 11 is 0. The second-order valence-electron chi connectivity index (χ2n) is 3.53. The minimum absolute atomic E-state index is 0.705. The molecule has 5 heteroatoms. The molecule has 0 aliphatic heterocycles. The Labute approximate surface area is 100 Å². The molecule has 0 atom stereocenters. The van der Waals surface area contributed by atoms with Gasteiger partial charge in [-0.05, 0) is 18.6 Å². The fraction of sp³-hybridized carbons (Fsp3) is 0.250. The van der Waals surface area contributed by atoms with Gasteiger partial charge < -0.3 is 10.6 Å². The first kappa shape index (κ1) is 11.3. The molecule has 0 radical (unpaired) electrons. The highest BCUT2D eigenvalue weighted by Crippen LogP contribution is 2.09. The quantitative estimate of drug-likeness (QED) is 0.820. The Kier molecular flexibility index (Phi) is 3.85. The van der Waals surface area contributed by atoms with E-state index in [1.54, 1.807) is 12.5 Å². The van der Waals surface area contributed by atoms with Crippen LogP contribution in [0.15, 0.2) is 36.9 Å². The van der Waals surface area contributed by atoms with Crippen molar-refractivity contribution in [3.63, 3.8) is 0 Å². The van der Waals surface area contributed by atoms with E-state index in [-0.39, 0.29) is 0 Å². The molecule has 0 aliphatic carbocycles. The van der Waals surface area contributed by atoms with Gasteiger partial charge in [-0.2, -0.15) is 0 Å². The molecule has 2 aromatic heterocycles. The Hall–Kier alpha value is -2.17. The third-order valence-corrected chi connectivity index (χ3v) is 2.22. The maximum absolute atomic E-state index is 4.15. The van der Waals surface area contributed by atoms with Crippen LogP contribution in [0.3, 0.4) is 0 Å². The lowest BCUT2D eigenvalue weighted by Crippen LogP contribution is -2.04. The average Bonchev–Trinajstić information content (AvgIpc) is 2.39. The molecule has 2 heterocycles. The van der Waals surface area contributed by atoms with Crippen LogP contribution in [-0.4, -0.2) is 21.5 Å². The third kappa shape index (κ3) is 3.41. The van der Waals surface area contributed by atoms with Crippen LogP contribution in [0, 0.1) is 0 Å². The maximum atomic E-state index is 4.15. The Morgan fingerprint density at radius 2 is 2.00 bits per heavy atom. The lowest BCUT2D eigenvalue weighted by Gasteiger charge is -2.07. The zero-order chi connectivity index (χ0) is 11.9. The minimum atomic E-state index is 0.705. The number of nitrogens with zero attached hydrogens (tertiary/aromatic N) is 3. The van der Waals surface area contributed by atoms with Crippen molar-refractivity contribution in [3.8, 4) is 0 Å². The van der Waals surface area contributed by atoms with Crippen molar-refractivity contribution in [1.82, 2.24) is 15.0 Å². The number of nitrogens with one attached hydrogen (secondary N) is 2. The van der Waals surface area contributed by atoms with Gasteiger partial charge in [0.05, 0.1) is 0 Å². The topological polar surface area (TPSA) is 62.7 Å². The lowest BCUT2D eigenvalue weighted by atomic mass is 10.3. The van der Waals surface area contributed by atoms with Crippen LogP contribution in [0.25, 0.3) is 0 Å². The van der Waals surface area contributed by atoms with Gasteiger partial charge in [0.25, 0.3) is 0 Å². The normalized spacial score (nSPS) is 9.94. The summed E-state index contributed by atoms with van der Waals surface area (Å²) in [4.78, 5) is 12.3. The van der Waals surface area contributed by atoms with E-state index in [1.165, 1.54) is 0 Å². The average molecular weight is 229 g/mol. The van der Waals surface area contributed by atoms with E-state index in [2.05, 4.69) is 25.6 Å². The highest BCUT2D eigenvalue weighted by molar-refractivity contribution is 5.46. The van der Waals surface area contributed by atoms with E-state index in [0.29, 0.717) is 6.54 Å². The molecule has 0 aromatic carbocycles. The first-order valence-electron chi connectivity index (χ1n) is 5.57. The molecule has 0 fully saturated rings. The van der Waals surface area contributed by atoms with E-state index >= 15 is 0 Å². The number of aromatic nitrogens is 3. The van der Waals surface area contributed by atoms with Crippen molar-refractivity contribution in [2.24, 2.45) is 0 Å². The van der Waals surface area contributed by atoms with Crippen LogP contribution >= 0.6 is 0 Å². The summed E-state index contributed by atoms with van der Waals surface area (Å²) < 4.78 is 0. The van der Waals surface area contributed by atoms with Gasteiger partial charge in [-0.15, -0.1) is 0 Å². The van der Waals surface area contributed by atoms with E-state index in [4.69, 9.17) is 0 Å². The van der Waals surface area contributed by atoms with Crippen LogP contribution in [0.4, 0.5) is 11.6 Å². The lowest BCUT2D eigenvalue weighted by molar-refractivity contribution is 1.06. The van der Waals surface area contributed by atoms with Gasteiger partial charge in [0.15, 0.2) is 0 Å². The predicted molar refractivity (Wildman–Crippen MR) is 67.8 cm³/mol. The molecular weight excluding hydrogens is 214 g/mol. The summed E-state index contributed by atoms with van der Waals surface area (Å²) in [5.74, 6) is 1.64. The second kappa shape index (κ2) is 5.79. The van der Waals surface area contributed by atoms with E-state index in [1.807, 2.05) is 31.3 Å². The molecule has 2 N–H and O–H groups in total. The molecule has 0 saturated carbocycles. The Balaban J connectivity index is 1.97. The minimum Gasteiger partial charge on any atom is -0.370 e. The number of hydrogen-bond acceptors (Lipinski definition) is 5. The Bertz CT molecular complexity index is 457. The van der Waals surface area contributed by atoms with Gasteiger partial charge in [-0.3, -0.25) is 4.98 Å². The maximum Gasteiger partial charge on any atom is 0.131 e. The standard InChI is InChI=1S/C12H15N5/c1-2-14-11-6-12(17-9-16-11)15-8-10-4-3-5-13-7-10/h3-7,9H,2,8H2,1H3,(H2,14,15,16,17). The van der Waals surface area contributed by atoms with Crippen LogP contribution in [0.2, 0.25) is 0 Å². The zero-order valence-electron chi connectivity index (χ0n) is 9.72. The molecule has 2 aromatic rings. The summed E-state index contributed by atoms with van der Waals surface area (Å²) in [5, 5.41) is 6.37. The monoisotopic (exact) mass is 229 g/mol. The molecular formula is C12H15N5. The van der Waals surface area contributed by atoms with Gasteiger partial charge in [-0.25, -0.2) is 9.97 Å². The van der Waals surface area contributed by atoms with Gasteiger partial charge >= 0.3 is 0 Å². The molecule has 0 spiro atoms. The fourth-order valence-corrected chi connectivity index (χ4v) is 1.43. The van der Waals surface area contributed by atoms with Crippen LogP contribution < -0.4 is 10.6 Å². The predicted octanol–water partition coefficient (Wildman–Crippen LogP) is 1.92. The van der Waals surface area contributed by atoms with Gasteiger partial charge in [0, 0.05) is 31.5 Å². The molecule has 2 rings (SSSR count). The SMILES string of the molecule is CCNc1cc(NCc2cccnc2)ncn1. The summed E-state index contributed by atoms with van der Waals surface area (Å²) in [6.45, 7) is 3.58. The fourth-order valence-electron chi connectivity index (χ4n) is 1.43. The highest BCUT2D eigenvalue weighted by Gasteiger charge is 1.97. The molecule has 0 aliphatic rings. The molecule has 0 saturated heterocycles. The molecule has 0 unspecified atom stereocenters. The third-order valence-electron chi connectivity index (χ3n) is 2.22. The smallest absolute Gasteiger partial charge is 0.131 e. The first-order chi connectivity index (χ1) is 8.38. The Morgan fingerprint density at radius 1 is 1.18 bits per heavy atom. The molecule has 17 heavy (non-hydrogen) atoms. The van der Waals surface area contributed by atoms with Gasteiger partial charge in [-0.1, -0.05) is 6.07 Å². The van der Waals surface area contributed by atoms with Crippen molar-refractivity contribution >= 4 is 11.6 Å². The van der Waals surface area contributed by atoms with E-state index in [0.717, 1.165) is 23.7 Å². The molecule has 0 bridgehead atoms. The molecule has 5 nitrogen and oxygen atoms in total. The summed E-state index contributed by atoms with van der Waals surface area (Å²) in [6, 6.07) is 5.83. The van der Waals surface area contributed by atoms with Crippen molar-refractivity contribution < 1.29 is 0 Å². The second-order valence-corrected chi connectivity index (χ2v) is 3.53. The van der Waals surface area contributed by atoms with Crippen molar-refractivity contribution in [3.05, 3.63) is 42.5 Å². The van der Waals surface area contributed by atoms with Crippen LogP contribution in [-0.2, 0) is 6.54 Å². The van der Waals surface area contributed by atoms with Gasteiger partial charge in [0.1, 0.15) is 18.0 Å². The molecule has 88 valence electrons. The van der Waals surface area contributed by atoms with Crippen LogP contribution in [0.5, 0.6) is 0 Å². The van der Waals surface area contributed by atoms with Crippen molar-refractivity contribution in [2.45, 2.75) is 13.5 Å². The molecule has 0 amide bonds. The van der Waals surface area contributed by atoms with Crippen LogP contribution in [0.1, 0.15) is 12.5 Å². The van der Waals surface area contributed by atoms with Crippen molar-refractivity contribution in [2.75, 3.05) is 17.2 Å². The summed E-state index contributed by atoms with van der Waals surface area (Å²) in [6.07, 6.45) is 5.14.